The first-order valence-corrected chi connectivity index (χ1v) is 8.66. The van der Waals surface area contributed by atoms with Gasteiger partial charge in [0.15, 0.2) is 11.6 Å². The monoisotopic (exact) mass is 351 g/mol. The van der Waals surface area contributed by atoms with Crippen LogP contribution in [0.15, 0.2) is 45.8 Å². The van der Waals surface area contributed by atoms with Gasteiger partial charge in [-0.1, -0.05) is 12.1 Å². The summed E-state index contributed by atoms with van der Waals surface area (Å²) in [6, 6.07) is 9.78. The van der Waals surface area contributed by atoms with Crippen molar-refractivity contribution in [2.24, 2.45) is 0 Å². The Morgan fingerprint density at radius 2 is 2.23 bits per heavy atom. The Labute approximate surface area is 151 Å². The molecule has 0 spiro atoms. The molecule has 0 radical (unpaired) electrons. The Morgan fingerprint density at radius 1 is 1.35 bits per heavy atom. The predicted octanol–water partition coefficient (Wildman–Crippen LogP) is 2.91. The highest BCUT2D eigenvalue weighted by atomic mass is 16.5. The Morgan fingerprint density at radius 3 is 2.96 bits per heavy atom. The number of hydrogen-bond acceptors (Lipinski definition) is 5. The molecule has 3 heterocycles. The lowest BCUT2D eigenvalue weighted by atomic mass is 10.0. The van der Waals surface area contributed by atoms with Crippen molar-refractivity contribution in [3.8, 4) is 17.3 Å². The van der Waals surface area contributed by atoms with E-state index in [9.17, 15) is 4.79 Å². The van der Waals surface area contributed by atoms with Gasteiger partial charge in [0, 0.05) is 26.1 Å². The number of furan rings is 1. The number of H-pyrrole nitrogens is 1. The van der Waals surface area contributed by atoms with Crippen LogP contribution in [0.25, 0.3) is 11.6 Å². The van der Waals surface area contributed by atoms with E-state index in [1.807, 2.05) is 13.0 Å². The van der Waals surface area contributed by atoms with Crippen LogP contribution in [-0.2, 0) is 19.5 Å². The minimum Gasteiger partial charge on any atom is -0.496 e. The van der Waals surface area contributed by atoms with Crippen LogP contribution in [0, 0.1) is 6.92 Å². The van der Waals surface area contributed by atoms with Gasteiger partial charge in [0.25, 0.3) is 5.56 Å². The molecule has 4 rings (SSSR count). The molecule has 1 N–H and O–H groups in total. The first-order valence-electron chi connectivity index (χ1n) is 8.66. The minimum absolute atomic E-state index is 0.0861. The second-order valence-electron chi connectivity index (χ2n) is 6.58. The molecule has 0 amide bonds. The zero-order chi connectivity index (χ0) is 18.1. The molecule has 1 aromatic carbocycles. The second kappa shape index (κ2) is 6.80. The van der Waals surface area contributed by atoms with Gasteiger partial charge in [0.1, 0.15) is 5.75 Å². The van der Waals surface area contributed by atoms with Crippen molar-refractivity contribution in [3.05, 3.63) is 69.3 Å². The van der Waals surface area contributed by atoms with Crippen molar-refractivity contribution < 1.29 is 9.15 Å². The Hall–Kier alpha value is -2.86. The van der Waals surface area contributed by atoms with Crippen LogP contribution in [-0.4, -0.2) is 28.5 Å². The summed E-state index contributed by atoms with van der Waals surface area (Å²) in [7, 11) is 1.68. The summed E-state index contributed by atoms with van der Waals surface area (Å²) in [5.74, 6) is 1.97. The van der Waals surface area contributed by atoms with Gasteiger partial charge in [-0.3, -0.25) is 9.69 Å². The van der Waals surface area contributed by atoms with Gasteiger partial charge in [-0.2, -0.15) is 0 Å². The Kier molecular flexibility index (Phi) is 4.34. The molecule has 6 nitrogen and oxygen atoms in total. The molecule has 0 fully saturated rings. The number of ether oxygens (including phenoxy) is 1. The van der Waals surface area contributed by atoms with Gasteiger partial charge in [-0.15, -0.1) is 0 Å². The lowest BCUT2D eigenvalue weighted by Crippen LogP contribution is -2.35. The predicted molar refractivity (Wildman–Crippen MR) is 98.1 cm³/mol. The zero-order valence-corrected chi connectivity index (χ0v) is 14.9. The van der Waals surface area contributed by atoms with E-state index >= 15 is 0 Å². The summed E-state index contributed by atoms with van der Waals surface area (Å²) < 4.78 is 10.7. The first-order chi connectivity index (χ1) is 12.6. The first kappa shape index (κ1) is 16.6. The molecule has 0 unspecified atom stereocenters. The fourth-order valence-electron chi connectivity index (χ4n) is 3.44. The maximum atomic E-state index is 12.5. The molecule has 26 heavy (non-hydrogen) atoms. The molecule has 1 aliphatic rings. The van der Waals surface area contributed by atoms with E-state index in [1.165, 1.54) is 5.56 Å². The van der Waals surface area contributed by atoms with E-state index in [4.69, 9.17) is 9.15 Å². The van der Waals surface area contributed by atoms with Gasteiger partial charge in [-0.05, 0) is 36.2 Å². The van der Waals surface area contributed by atoms with Crippen LogP contribution in [0.4, 0.5) is 0 Å². The van der Waals surface area contributed by atoms with E-state index in [2.05, 4.69) is 27.0 Å². The minimum atomic E-state index is -0.0861. The highest BCUT2D eigenvalue weighted by Crippen LogP contribution is 2.22. The molecule has 0 atom stereocenters. The normalized spacial score (nSPS) is 14.2. The number of nitrogens with zero attached hydrogens (tertiary/aromatic N) is 2. The van der Waals surface area contributed by atoms with Gasteiger partial charge in [0.05, 0.1) is 24.6 Å². The summed E-state index contributed by atoms with van der Waals surface area (Å²) in [6.07, 6.45) is 2.33. The van der Waals surface area contributed by atoms with Crippen LogP contribution >= 0.6 is 0 Å². The number of aromatic amines is 1. The number of rotatable bonds is 4. The van der Waals surface area contributed by atoms with Crippen molar-refractivity contribution in [2.45, 2.75) is 26.4 Å². The van der Waals surface area contributed by atoms with Crippen molar-refractivity contribution in [1.82, 2.24) is 14.9 Å². The van der Waals surface area contributed by atoms with Gasteiger partial charge < -0.3 is 14.1 Å². The lowest BCUT2D eigenvalue weighted by molar-refractivity contribution is 0.241. The van der Waals surface area contributed by atoms with Gasteiger partial charge in [0.2, 0.25) is 0 Å². The van der Waals surface area contributed by atoms with Crippen LogP contribution in [0.1, 0.15) is 22.4 Å². The van der Waals surface area contributed by atoms with Crippen LogP contribution in [0.5, 0.6) is 5.75 Å². The maximum Gasteiger partial charge on any atom is 0.256 e. The third kappa shape index (κ3) is 3.15. The number of hydrogen-bond donors (Lipinski definition) is 1. The molecule has 2 aromatic heterocycles. The van der Waals surface area contributed by atoms with Crippen LogP contribution < -0.4 is 10.3 Å². The fourth-order valence-corrected chi connectivity index (χ4v) is 3.44. The zero-order valence-electron chi connectivity index (χ0n) is 14.9. The smallest absolute Gasteiger partial charge is 0.256 e. The largest absolute Gasteiger partial charge is 0.496 e. The third-order valence-corrected chi connectivity index (χ3v) is 4.77. The van der Waals surface area contributed by atoms with E-state index in [0.717, 1.165) is 42.1 Å². The summed E-state index contributed by atoms with van der Waals surface area (Å²) in [4.78, 5) is 22.3. The molecule has 0 bridgehead atoms. The number of aryl methyl sites for hydroxylation is 1. The van der Waals surface area contributed by atoms with Gasteiger partial charge in [-0.25, -0.2) is 4.98 Å². The molecule has 6 heteroatoms. The Bertz CT molecular complexity index is 976. The Balaban J connectivity index is 1.55. The van der Waals surface area contributed by atoms with Crippen molar-refractivity contribution in [3.63, 3.8) is 0 Å². The quantitative estimate of drug-likeness (QED) is 0.782. The fraction of sp³-hybridized carbons (Fsp3) is 0.300. The molecule has 0 saturated carbocycles. The topological polar surface area (TPSA) is 71.4 Å². The summed E-state index contributed by atoms with van der Waals surface area (Å²) >= 11 is 0. The molecule has 1 aliphatic heterocycles. The average Bonchev–Trinajstić information content (AvgIpc) is 3.17. The van der Waals surface area contributed by atoms with E-state index < -0.39 is 0 Å². The summed E-state index contributed by atoms with van der Waals surface area (Å²) in [5, 5.41) is 0. The summed E-state index contributed by atoms with van der Waals surface area (Å²) in [6.45, 7) is 4.30. The SMILES string of the molecule is COc1ccc(CN2CCc3nc(-c4ccco4)[nH]c(=O)c3C2)cc1C. The van der Waals surface area contributed by atoms with E-state index in [1.54, 1.807) is 25.5 Å². The maximum absolute atomic E-state index is 12.5. The van der Waals surface area contributed by atoms with Crippen molar-refractivity contribution in [1.29, 1.82) is 0 Å². The lowest BCUT2D eigenvalue weighted by Gasteiger charge is -2.27. The van der Waals surface area contributed by atoms with Crippen LogP contribution in [0.3, 0.4) is 0 Å². The average molecular weight is 351 g/mol. The van der Waals surface area contributed by atoms with E-state index in [0.29, 0.717) is 18.1 Å². The molecular formula is C20H21N3O3. The number of fused-ring (bicyclic) bond motifs is 1. The number of benzene rings is 1. The number of aromatic nitrogens is 2. The highest BCUT2D eigenvalue weighted by molar-refractivity contribution is 5.47. The van der Waals surface area contributed by atoms with Crippen molar-refractivity contribution >= 4 is 0 Å². The molecule has 134 valence electrons. The standard InChI is InChI=1S/C20H21N3O3/c1-13-10-14(5-6-17(13)25-2)11-23-8-7-16-15(12-23)20(24)22-19(21-16)18-4-3-9-26-18/h3-6,9-10H,7-8,11-12H2,1-2H3,(H,21,22,24). The second-order valence-corrected chi connectivity index (χ2v) is 6.58. The van der Waals surface area contributed by atoms with Crippen LogP contribution in [0.2, 0.25) is 0 Å². The highest BCUT2D eigenvalue weighted by Gasteiger charge is 2.22. The van der Waals surface area contributed by atoms with Gasteiger partial charge >= 0.3 is 0 Å². The molecular weight excluding hydrogens is 330 g/mol. The summed E-state index contributed by atoms with van der Waals surface area (Å²) in [5.41, 5.74) is 3.85. The molecule has 0 saturated heterocycles. The molecule has 0 aliphatic carbocycles. The third-order valence-electron chi connectivity index (χ3n) is 4.77. The number of methoxy groups -OCH3 is 1. The van der Waals surface area contributed by atoms with E-state index in [-0.39, 0.29) is 5.56 Å². The van der Waals surface area contributed by atoms with Crippen molar-refractivity contribution in [2.75, 3.05) is 13.7 Å². The number of nitrogens with one attached hydrogen (secondary N) is 1. The molecule has 3 aromatic rings.